The number of aliphatic imine (C=N–C) groups is 1. The summed E-state index contributed by atoms with van der Waals surface area (Å²) in [7, 11) is 2.00. The number of aromatic nitrogens is 2. The van der Waals surface area contributed by atoms with Gasteiger partial charge >= 0.3 is 0 Å². The van der Waals surface area contributed by atoms with Crippen LogP contribution in [0.1, 0.15) is 18.7 Å². The first-order valence-corrected chi connectivity index (χ1v) is 4.59. The van der Waals surface area contributed by atoms with E-state index in [1.54, 1.807) is 0 Å². The van der Waals surface area contributed by atoms with Crippen molar-refractivity contribution in [3.63, 3.8) is 0 Å². The number of imidazole rings is 1. The van der Waals surface area contributed by atoms with Crippen molar-refractivity contribution in [3.05, 3.63) is 18.2 Å². The first-order chi connectivity index (χ1) is 6.36. The molecule has 70 valence electrons. The molecule has 4 heteroatoms. The Morgan fingerprint density at radius 3 is 3.15 bits per heavy atom. The van der Waals surface area contributed by atoms with Gasteiger partial charge in [0.25, 0.3) is 0 Å². The van der Waals surface area contributed by atoms with Crippen LogP contribution in [-0.2, 0) is 13.6 Å². The molecule has 1 aliphatic heterocycles. The molecule has 0 aromatic carbocycles. The van der Waals surface area contributed by atoms with Gasteiger partial charge in [-0.15, -0.1) is 0 Å². The Morgan fingerprint density at radius 2 is 2.54 bits per heavy atom. The Kier molecular flexibility index (Phi) is 2.29. The third kappa shape index (κ3) is 1.88. The maximum absolute atomic E-state index is 4.33. The van der Waals surface area contributed by atoms with Gasteiger partial charge in [0.1, 0.15) is 5.82 Å². The van der Waals surface area contributed by atoms with Crippen LogP contribution in [0.25, 0.3) is 0 Å². The summed E-state index contributed by atoms with van der Waals surface area (Å²) in [4.78, 5) is 8.56. The van der Waals surface area contributed by atoms with E-state index in [1.165, 1.54) is 6.42 Å². The number of hydrogen-bond donors (Lipinski definition) is 1. The van der Waals surface area contributed by atoms with Crippen molar-refractivity contribution < 1.29 is 0 Å². The Labute approximate surface area is 77.7 Å². The zero-order valence-corrected chi connectivity index (χ0v) is 7.82. The summed E-state index contributed by atoms with van der Waals surface area (Å²) >= 11 is 0. The lowest BCUT2D eigenvalue weighted by Crippen LogP contribution is -2.22. The first-order valence-electron chi connectivity index (χ1n) is 4.59. The molecule has 0 atom stereocenters. The molecule has 0 amide bonds. The number of rotatable bonds is 2. The summed E-state index contributed by atoms with van der Waals surface area (Å²) in [5, 5.41) is 3.29. The zero-order chi connectivity index (χ0) is 9.10. The number of nitrogens with zero attached hydrogens (tertiary/aromatic N) is 3. The molecule has 0 radical (unpaired) electrons. The maximum Gasteiger partial charge on any atom is 0.127 e. The molecule has 0 bridgehead atoms. The second-order valence-electron chi connectivity index (χ2n) is 3.24. The lowest BCUT2D eigenvalue weighted by molar-refractivity contribution is 0.746. The number of amidine groups is 1. The maximum atomic E-state index is 4.33. The van der Waals surface area contributed by atoms with E-state index in [0.717, 1.165) is 31.2 Å². The summed E-state index contributed by atoms with van der Waals surface area (Å²) in [5.74, 6) is 2.18. The zero-order valence-electron chi connectivity index (χ0n) is 7.82. The average molecular weight is 178 g/mol. The first kappa shape index (κ1) is 8.29. The minimum Gasteiger partial charge on any atom is -0.367 e. The fourth-order valence-electron chi connectivity index (χ4n) is 1.43. The van der Waals surface area contributed by atoms with Gasteiger partial charge in [-0.1, -0.05) is 0 Å². The monoisotopic (exact) mass is 178 g/mol. The van der Waals surface area contributed by atoms with E-state index in [4.69, 9.17) is 0 Å². The van der Waals surface area contributed by atoms with Crippen molar-refractivity contribution >= 4 is 5.84 Å². The highest BCUT2D eigenvalue weighted by Gasteiger charge is 2.06. The van der Waals surface area contributed by atoms with Crippen LogP contribution in [0.2, 0.25) is 0 Å². The number of aryl methyl sites for hydroxylation is 1. The molecule has 0 unspecified atom stereocenters. The van der Waals surface area contributed by atoms with Gasteiger partial charge in [-0.3, -0.25) is 4.99 Å². The molecular weight excluding hydrogens is 164 g/mol. The van der Waals surface area contributed by atoms with E-state index >= 15 is 0 Å². The van der Waals surface area contributed by atoms with E-state index in [1.807, 2.05) is 24.0 Å². The van der Waals surface area contributed by atoms with Gasteiger partial charge in [-0.2, -0.15) is 0 Å². The molecule has 0 fully saturated rings. The molecule has 4 nitrogen and oxygen atoms in total. The van der Waals surface area contributed by atoms with Gasteiger partial charge < -0.3 is 9.88 Å². The van der Waals surface area contributed by atoms with Crippen LogP contribution >= 0.6 is 0 Å². The van der Waals surface area contributed by atoms with Gasteiger partial charge in [0.2, 0.25) is 0 Å². The number of hydrogen-bond acceptors (Lipinski definition) is 3. The Hall–Kier alpha value is -1.32. The lowest BCUT2D eigenvalue weighted by Gasteiger charge is -2.04. The molecule has 1 N–H and O–H groups in total. The molecule has 0 saturated carbocycles. The van der Waals surface area contributed by atoms with Crippen molar-refractivity contribution in [1.29, 1.82) is 0 Å². The molecule has 1 aliphatic rings. The van der Waals surface area contributed by atoms with E-state index in [2.05, 4.69) is 15.3 Å². The molecule has 1 aromatic rings. The largest absolute Gasteiger partial charge is 0.367 e. The van der Waals surface area contributed by atoms with Crippen LogP contribution in [0, 0.1) is 0 Å². The normalized spacial score (nSPS) is 15.9. The fourth-order valence-corrected chi connectivity index (χ4v) is 1.43. The highest BCUT2D eigenvalue weighted by Crippen LogP contribution is 2.02. The smallest absolute Gasteiger partial charge is 0.127 e. The lowest BCUT2D eigenvalue weighted by atomic mass is 10.3. The second kappa shape index (κ2) is 3.60. The highest BCUT2D eigenvalue weighted by molar-refractivity contribution is 5.83. The van der Waals surface area contributed by atoms with E-state index in [0.29, 0.717) is 0 Å². The summed E-state index contributed by atoms with van der Waals surface area (Å²) in [6, 6.07) is 0. The van der Waals surface area contributed by atoms with Crippen molar-refractivity contribution in [3.8, 4) is 0 Å². The highest BCUT2D eigenvalue weighted by atomic mass is 15.1. The quantitative estimate of drug-likeness (QED) is 0.724. The van der Waals surface area contributed by atoms with Gasteiger partial charge in [-0.25, -0.2) is 4.98 Å². The standard InChI is InChI=1S/C9H14N4/c1-13-6-5-11-9(13)7-12-8-3-2-4-10-8/h5-6H,2-4,7H2,1H3,(H,10,12). The third-order valence-electron chi connectivity index (χ3n) is 2.25. The Morgan fingerprint density at radius 1 is 1.62 bits per heavy atom. The average Bonchev–Trinajstić information content (AvgIpc) is 2.72. The minimum atomic E-state index is 0.780. The van der Waals surface area contributed by atoms with Crippen LogP contribution in [0.4, 0.5) is 0 Å². The fraction of sp³-hybridized carbons (Fsp3) is 0.556. The van der Waals surface area contributed by atoms with Crippen LogP contribution in [0.15, 0.2) is 17.4 Å². The molecule has 0 aliphatic carbocycles. The van der Waals surface area contributed by atoms with Crippen LogP contribution in [0.5, 0.6) is 0 Å². The molecule has 2 heterocycles. The van der Waals surface area contributed by atoms with Gasteiger partial charge in [0.15, 0.2) is 0 Å². The molecule has 0 saturated heterocycles. The van der Waals surface area contributed by atoms with E-state index in [9.17, 15) is 0 Å². The summed E-state index contributed by atoms with van der Waals surface area (Å²) in [5.41, 5.74) is 0. The van der Waals surface area contributed by atoms with Crippen molar-refractivity contribution in [1.82, 2.24) is 14.9 Å². The van der Waals surface area contributed by atoms with Gasteiger partial charge in [0, 0.05) is 32.4 Å². The molecule has 1 aromatic heterocycles. The van der Waals surface area contributed by atoms with E-state index < -0.39 is 0 Å². The third-order valence-corrected chi connectivity index (χ3v) is 2.25. The predicted octanol–water partition coefficient (Wildman–Crippen LogP) is 0.702. The SMILES string of the molecule is Cn1ccnc1CNC1=NCCC1. The molecule has 0 spiro atoms. The Balaban J connectivity index is 1.89. The minimum absolute atomic E-state index is 0.780. The summed E-state index contributed by atoms with van der Waals surface area (Å²) in [6.07, 6.45) is 6.04. The van der Waals surface area contributed by atoms with Crippen LogP contribution < -0.4 is 5.32 Å². The van der Waals surface area contributed by atoms with Gasteiger partial charge in [-0.05, 0) is 6.42 Å². The van der Waals surface area contributed by atoms with Crippen molar-refractivity contribution in [2.75, 3.05) is 6.54 Å². The second-order valence-corrected chi connectivity index (χ2v) is 3.24. The Bertz CT molecular complexity index is 313. The molecular formula is C9H14N4. The molecule has 2 rings (SSSR count). The molecule has 13 heavy (non-hydrogen) atoms. The summed E-state index contributed by atoms with van der Waals surface area (Å²) < 4.78 is 2.02. The van der Waals surface area contributed by atoms with Crippen molar-refractivity contribution in [2.24, 2.45) is 12.0 Å². The summed E-state index contributed by atoms with van der Waals surface area (Å²) in [6.45, 7) is 1.76. The van der Waals surface area contributed by atoms with E-state index in [-0.39, 0.29) is 0 Å². The van der Waals surface area contributed by atoms with Crippen LogP contribution in [0.3, 0.4) is 0 Å². The number of nitrogens with one attached hydrogen (secondary N) is 1. The van der Waals surface area contributed by atoms with Crippen LogP contribution in [-0.4, -0.2) is 21.9 Å². The van der Waals surface area contributed by atoms with Gasteiger partial charge in [0.05, 0.1) is 12.4 Å². The van der Waals surface area contributed by atoms with Crippen molar-refractivity contribution in [2.45, 2.75) is 19.4 Å². The predicted molar refractivity (Wildman–Crippen MR) is 51.6 cm³/mol. The topological polar surface area (TPSA) is 42.2 Å².